The fourth-order valence-corrected chi connectivity index (χ4v) is 6.51. The first-order valence-corrected chi connectivity index (χ1v) is 13.3. The summed E-state index contributed by atoms with van der Waals surface area (Å²) in [6, 6.07) is 6.92. The molecule has 1 amide bonds. The highest BCUT2D eigenvalue weighted by Gasteiger charge is 2.50. The monoisotopic (exact) mass is 523 g/mol. The summed E-state index contributed by atoms with van der Waals surface area (Å²) in [5.74, 6) is 0.195. The maximum absolute atomic E-state index is 13.6. The Balaban J connectivity index is 1.74. The summed E-state index contributed by atoms with van der Waals surface area (Å²) in [5.41, 5.74) is -1.54. The van der Waals surface area contributed by atoms with E-state index in [-0.39, 0.29) is 18.9 Å². The van der Waals surface area contributed by atoms with Crippen molar-refractivity contribution in [2.75, 3.05) is 11.4 Å². The van der Waals surface area contributed by atoms with E-state index in [2.05, 4.69) is 16.5 Å². The third kappa shape index (κ3) is 4.93. The normalized spacial score (nSPS) is 21.4. The molecule has 12 heteroatoms. The van der Waals surface area contributed by atoms with E-state index >= 15 is 0 Å². The number of hydrogen-bond acceptors (Lipinski definition) is 6. The zero-order valence-corrected chi connectivity index (χ0v) is 21.0. The van der Waals surface area contributed by atoms with Gasteiger partial charge in [0.05, 0.1) is 27.5 Å². The number of rotatable bonds is 7. The van der Waals surface area contributed by atoms with E-state index in [1.807, 2.05) is 13.8 Å². The summed E-state index contributed by atoms with van der Waals surface area (Å²) in [6.45, 7) is 6.06. The Labute approximate surface area is 208 Å². The molecule has 4 rings (SSSR count). The lowest BCUT2D eigenvalue weighted by Gasteiger charge is -2.27. The Morgan fingerprint density at radius 3 is 2.56 bits per heavy atom. The number of carbonyl (C=O) groups excluding carboxylic acids is 1. The molecule has 1 aliphatic heterocycles. The van der Waals surface area contributed by atoms with Crippen LogP contribution in [0.25, 0.3) is 0 Å². The maximum Gasteiger partial charge on any atom is 0.417 e. The number of anilines is 1. The molecule has 1 aromatic heterocycles. The lowest BCUT2D eigenvalue weighted by molar-refractivity contribution is -0.139. The minimum atomic E-state index is -4.85. The number of amides is 1. The molecule has 1 saturated carbocycles. The molecule has 1 aromatic carbocycles. The van der Waals surface area contributed by atoms with Crippen LogP contribution in [0.15, 0.2) is 35.2 Å². The van der Waals surface area contributed by atoms with Crippen LogP contribution in [0.3, 0.4) is 0 Å². The lowest BCUT2D eigenvalue weighted by atomic mass is 10.1. The average molecular weight is 524 g/mol. The number of halogens is 3. The number of nitrogens with one attached hydrogen (secondary N) is 1. The third-order valence-electron chi connectivity index (χ3n) is 6.54. The number of aromatic nitrogens is 2. The molecule has 1 N–H and O–H groups in total. The van der Waals surface area contributed by atoms with Gasteiger partial charge >= 0.3 is 6.18 Å². The van der Waals surface area contributed by atoms with Crippen molar-refractivity contribution in [1.82, 2.24) is 15.1 Å². The van der Waals surface area contributed by atoms with Gasteiger partial charge in [-0.2, -0.15) is 23.5 Å². The van der Waals surface area contributed by atoms with E-state index in [4.69, 9.17) is 0 Å². The first-order valence-electron chi connectivity index (χ1n) is 11.7. The molecule has 0 radical (unpaired) electrons. The molecule has 2 fully saturated rings. The summed E-state index contributed by atoms with van der Waals surface area (Å²) < 4.78 is 69.7. The van der Waals surface area contributed by atoms with E-state index in [0.29, 0.717) is 30.9 Å². The number of aryl methyl sites for hydroxylation is 1. The molecule has 2 heterocycles. The Morgan fingerprint density at radius 1 is 1.31 bits per heavy atom. The summed E-state index contributed by atoms with van der Waals surface area (Å²) in [7, 11) is -4.46. The van der Waals surface area contributed by atoms with Crippen LogP contribution in [0.5, 0.6) is 0 Å². The molecule has 2 aromatic rings. The first-order chi connectivity index (χ1) is 16.8. The van der Waals surface area contributed by atoms with Gasteiger partial charge in [-0.1, -0.05) is 26.0 Å². The zero-order chi connectivity index (χ0) is 26.5. The van der Waals surface area contributed by atoms with Crippen molar-refractivity contribution in [3.05, 3.63) is 41.6 Å². The predicted molar refractivity (Wildman–Crippen MR) is 126 cm³/mol. The average Bonchev–Trinajstić information content (AvgIpc) is 3.25. The number of carbonyl (C=O) groups is 1. The van der Waals surface area contributed by atoms with E-state index in [1.165, 1.54) is 6.07 Å². The number of nitrogens with zero attached hydrogens (tertiary/aromatic N) is 4. The second-order valence-electron chi connectivity index (χ2n) is 9.97. The van der Waals surface area contributed by atoms with Gasteiger partial charge in [0.15, 0.2) is 9.84 Å². The third-order valence-corrected chi connectivity index (χ3v) is 8.73. The topological polar surface area (TPSA) is 108 Å². The number of alkyl halides is 3. The van der Waals surface area contributed by atoms with E-state index in [9.17, 15) is 31.6 Å². The Kier molecular flexibility index (Phi) is 6.58. The van der Waals surface area contributed by atoms with Crippen LogP contribution in [0, 0.1) is 24.2 Å². The highest BCUT2D eigenvalue weighted by Crippen LogP contribution is 2.40. The van der Waals surface area contributed by atoms with Crippen LogP contribution < -0.4 is 10.2 Å². The number of hydrogen-bond donors (Lipinski definition) is 1. The highest BCUT2D eigenvalue weighted by molar-refractivity contribution is 7.92. The fraction of sp³-hybridized carbons (Fsp3) is 0.542. The van der Waals surface area contributed by atoms with Gasteiger partial charge in [0, 0.05) is 19.2 Å². The fourth-order valence-electron chi connectivity index (χ4n) is 4.60. The van der Waals surface area contributed by atoms with Gasteiger partial charge in [0.25, 0.3) is 0 Å². The van der Waals surface area contributed by atoms with E-state index < -0.39 is 49.2 Å². The standard InChI is InChI=1S/C24H28F3N5O3S/c1-15(2)12-32-21(10-16(3)30-32)31-13-17(11-19(31)22(33)29-23(14-28)8-9-23)36(34,35)20-7-5-4-6-18(20)24(25,26)27/h4-7,10,15,17,19H,8-9,11-13H2,1-3H3,(H,29,33)/t17-,19-/m1/s1. The van der Waals surface area contributed by atoms with Gasteiger partial charge in [-0.05, 0) is 44.2 Å². The number of nitriles is 1. The van der Waals surface area contributed by atoms with Crippen molar-refractivity contribution < 1.29 is 26.4 Å². The molecular weight excluding hydrogens is 495 g/mol. The number of benzene rings is 1. The molecule has 2 atom stereocenters. The summed E-state index contributed by atoms with van der Waals surface area (Å²) in [6.07, 6.45) is -4.08. The van der Waals surface area contributed by atoms with Gasteiger partial charge in [0.1, 0.15) is 17.4 Å². The second-order valence-corrected chi connectivity index (χ2v) is 12.2. The Morgan fingerprint density at radius 2 is 1.97 bits per heavy atom. The van der Waals surface area contributed by atoms with Crippen molar-refractivity contribution in [3.63, 3.8) is 0 Å². The highest BCUT2D eigenvalue weighted by atomic mass is 32.2. The minimum absolute atomic E-state index is 0.185. The Hall–Kier alpha value is -3.07. The molecule has 0 spiro atoms. The van der Waals surface area contributed by atoms with Gasteiger partial charge in [0.2, 0.25) is 5.91 Å². The molecule has 194 valence electrons. The smallest absolute Gasteiger partial charge is 0.343 e. The van der Waals surface area contributed by atoms with Crippen LogP contribution in [0.1, 0.15) is 44.4 Å². The molecule has 36 heavy (non-hydrogen) atoms. The summed E-state index contributed by atoms with van der Waals surface area (Å²) in [5, 5.41) is 15.4. The predicted octanol–water partition coefficient (Wildman–Crippen LogP) is 3.46. The molecule has 0 bridgehead atoms. The SMILES string of the molecule is Cc1cc(N2C[C@H](S(=O)(=O)c3ccccc3C(F)(F)F)C[C@@H]2C(=O)NC2(C#N)CC2)n(CC(C)C)n1. The van der Waals surface area contributed by atoms with Crippen LogP contribution in [0.4, 0.5) is 19.0 Å². The number of sulfone groups is 1. The van der Waals surface area contributed by atoms with Gasteiger partial charge in [-0.25, -0.2) is 13.1 Å². The van der Waals surface area contributed by atoms with Crippen LogP contribution >= 0.6 is 0 Å². The molecule has 1 saturated heterocycles. The molecule has 8 nitrogen and oxygen atoms in total. The molecule has 1 aliphatic carbocycles. The van der Waals surface area contributed by atoms with Crippen molar-refractivity contribution in [2.24, 2.45) is 5.92 Å². The quantitative estimate of drug-likeness (QED) is 0.596. The zero-order valence-electron chi connectivity index (χ0n) is 20.2. The molecular formula is C24H28F3N5O3S. The lowest BCUT2D eigenvalue weighted by Crippen LogP contribution is -2.48. The van der Waals surface area contributed by atoms with Gasteiger partial charge in [-0.15, -0.1) is 0 Å². The first kappa shape index (κ1) is 26.0. The van der Waals surface area contributed by atoms with Crippen LogP contribution in [-0.4, -0.2) is 47.5 Å². The van der Waals surface area contributed by atoms with Gasteiger partial charge < -0.3 is 10.2 Å². The van der Waals surface area contributed by atoms with Gasteiger partial charge in [-0.3, -0.25) is 4.79 Å². The Bertz CT molecular complexity index is 1310. The molecule has 2 aliphatic rings. The summed E-state index contributed by atoms with van der Waals surface area (Å²) in [4.78, 5) is 14.1. The minimum Gasteiger partial charge on any atom is -0.343 e. The van der Waals surface area contributed by atoms with E-state index in [0.717, 1.165) is 18.2 Å². The maximum atomic E-state index is 13.6. The van der Waals surface area contributed by atoms with Crippen molar-refractivity contribution >= 4 is 21.6 Å². The van der Waals surface area contributed by atoms with Crippen molar-refractivity contribution in [1.29, 1.82) is 5.26 Å². The summed E-state index contributed by atoms with van der Waals surface area (Å²) >= 11 is 0. The van der Waals surface area contributed by atoms with Crippen LogP contribution in [0.2, 0.25) is 0 Å². The van der Waals surface area contributed by atoms with Crippen molar-refractivity contribution in [2.45, 2.75) is 74.5 Å². The second kappa shape index (κ2) is 9.10. The van der Waals surface area contributed by atoms with E-state index in [1.54, 1.807) is 22.6 Å². The van der Waals surface area contributed by atoms with Crippen molar-refractivity contribution in [3.8, 4) is 6.07 Å². The van der Waals surface area contributed by atoms with Crippen LogP contribution in [-0.2, 0) is 27.4 Å². The largest absolute Gasteiger partial charge is 0.417 e. The molecule has 0 unspecified atom stereocenters.